The van der Waals surface area contributed by atoms with E-state index in [0.717, 1.165) is 36.5 Å². The van der Waals surface area contributed by atoms with Gasteiger partial charge in [0.2, 0.25) is 0 Å². The molecule has 3 aromatic carbocycles. The molecule has 6 heteroatoms. The molecule has 168 valence electrons. The van der Waals surface area contributed by atoms with E-state index >= 15 is 0 Å². The summed E-state index contributed by atoms with van der Waals surface area (Å²) in [6, 6.07) is 29.2. The van der Waals surface area contributed by atoms with E-state index in [4.69, 9.17) is 4.74 Å². The number of para-hydroxylation sites is 1. The van der Waals surface area contributed by atoms with Crippen molar-refractivity contribution in [1.29, 1.82) is 5.26 Å². The molecule has 5 rings (SSSR count). The summed E-state index contributed by atoms with van der Waals surface area (Å²) in [4.78, 5) is 16.6. The molecule has 1 aliphatic heterocycles. The Balaban J connectivity index is 1.31. The van der Waals surface area contributed by atoms with E-state index in [0.29, 0.717) is 27.6 Å². The van der Waals surface area contributed by atoms with E-state index in [2.05, 4.69) is 40.6 Å². The molecule has 1 amide bonds. The number of thiophene rings is 1. The Bertz CT molecular complexity index is 1340. The predicted molar refractivity (Wildman–Crippen MR) is 134 cm³/mol. The van der Waals surface area contributed by atoms with Crippen LogP contribution in [0.3, 0.4) is 0 Å². The molecule has 0 bridgehead atoms. The summed E-state index contributed by atoms with van der Waals surface area (Å²) in [6.45, 7) is 2.54. The molecule has 1 aromatic heterocycles. The lowest BCUT2D eigenvalue weighted by Gasteiger charge is -2.26. The van der Waals surface area contributed by atoms with Gasteiger partial charge in [0.1, 0.15) is 22.6 Å². The van der Waals surface area contributed by atoms with E-state index in [-0.39, 0.29) is 5.91 Å². The van der Waals surface area contributed by atoms with Gasteiger partial charge in [0.05, 0.1) is 5.56 Å². The van der Waals surface area contributed by atoms with E-state index in [1.54, 1.807) is 18.2 Å². The molecule has 0 fully saturated rings. The van der Waals surface area contributed by atoms with Crippen molar-refractivity contribution >= 4 is 22.2 Å². The lowest BCUT2D eigenvalue weighted by atomic mass is 10.0. The molecule has 0 atom stereocenters. The zero-order chi connectivity index (χ0) is 23.3. The summed E-state index contributed by atoms with van der Waals surface area (Å²) >= 11 is 1.50. The van der Waals surface area contributed by atoms with Gasteiger partial charge in [0.15, 0.2) is 0 Å². The third kappa shape index (κ3) is 4.86. The van der Waals surface area contributed by atoms with Crippen LogP contribution in [0, 0.1) is 11.3 Å². The maximum Gasteiger partial charge on any atom is 0.256 e. The van der Waals surface area contributed by atoms with Crippen LogP contribution in [0.4, 0.5) is 5.00 Å². The Kier molecular flexibility index (Phi) is 6.39. The van der Waals surface area contributed by atoms with Crippen molar-refractivity contribution in [3.63, 3.8) is 0 Å². The molecule has 0 radical (unpaired) electrons. The average molecular weight is 466 g/mol. The van der Waals surface area contributed by atoms with Crippen molar-refractivity contribution in [1.82, 2.24) is 4.90 Å². The van der Waals surface area contributed by atoms with Gasteiger partial charge in [-0.15, -0.1) is 11.3 Å². The van der Waals surface area contributed by atoms with Crippen LogP contribution in [0.2, 0.25) is 0 Å². The number of amides is 1. The van der Waals surface area contributed by atoms with Gasteiger partial charge in [0.25, 0.3) is 5.91 Å². The average Bonchev–Trinajstić information content (AvgIpc) is 3.21. The van der Waals surface area contributed by atoms with Crippen molar-refractivity contribution < 1.29 is 9.53 Å². The number of fused-ring (bicyclic) bond motifs is 1. The predicted octanol–water partition coefficient (Wildman–Crippen LogP) is 6.22. The van der Waals surface area contributed by atoms with Crippen molar-refractivity contribution in [3.8, 4) is 17.6 Å². The largest absolute Gasteiger partial charge is 0.457 e. The molecule has 0 saturated heterocycles. The zero-order valence-electron chi connectivity index (χ0n) is 18.5. The van der Waals surface area contributed by atoms with Crippen molar-refractivity contribution in [2.75, 3.05) is 11.9 Å². The third-order valence-electron chi connectivity index (χ3n) is 5.80. The quantitative estimate of drug-likeness (QED) is 0.367. The Labute approximate surface area is 202 Å². The summed E-state index contributed by atoms with van der Waals surface area (Å²) in [5, 5.41) is 13.4. The second-order valence-corrected chi connectivity index (χ2v) is 9.27. The number of nitrogens with one attached hydrogen (secondary N) is 1. The smallest absolute Gasteiger partial charge is 0.256 e. The highest BCUT2D eigenvalue weighted by Crippen LogP contribution is 2.37. The molecule has 0 spiro atoms. The van der Waals surface area contributed by atoms with E-state index < -0.39 is 0 Å². The molecule has 1 aliphatic rings. The molecular weight excluding hydrogens is 442 g/mol. The van der Waals surface area contributed by atoms with E-state index in [1.165, 1.54) is 16.9 Å². The molecule has 34 heavy (non-hydrogen) atoms. The number of benzene rings is 3. The van der Waals surface area contributed by atoms with Gasteiger partial charge in [-0.3, -0.25) is 9.69 Å². The minimum absolute atomic E-state index is 0.255. The first-order valence-corrected chi connectivity index (χ1v) is 12.0. The minimum Gasteiger partial charge on any atom is -0.457 e. The van der Waals surface area contributed by atoms with Gasteiger partial charge in [0, 0.05) is 30.1 Å². The summed E-state index contributed by atoms with van der Waals surface area (Å²) < 4.78 is 5.86. The Hall–Kier alpha value is -3.92. The molecular formula is C28H23N3O2S. The number of carbonyl (C=O) groups is 1. The van der Waals surface area contributed by atoms with Gasteiger partial charge in [-0.1, -0.05) is 54.6 Å². The van der Waals surface area contributed by atoms with E-state index in [9.17, 15) is 10.1 Å². The zero-order valence-corrected chi connectivity index (χ0v) is 19.3. The number of nitrogens with zero attached hydrogens (tertiary/aromatic N) is 2. The number of rotatable bonds is 6. The third-order valence-corrected chi connectivity index (χ3v) is 6.93. The standard InChI is InChI=1S/C28H23N3O2S/c29-17-25-24-14-15-31(18-20-8-3-1-4-9-20)19-26(24)34-28(25)30-27(32)21-10-7-13-23(16-21)33-22-11-5-2-6-12-22/h1-13,16H,14-15,18-19H2,(H,30,32). The van der Waals surface area contributed by atoms with Crippen molar-refractivity contribution in [2.45, 2.75) is 19.5 Å². The van der Waals surface area contributed by atoms with Gasteiger partial charge < -0.3 is 10.1 Å². The number of anilines is 1. The van der Waals surface area contributed by atoms with Crippen LogP contribution < -0.4 is 10.1 Å². The van der Waals surface area contributed by atoms with Crippen LogP contribution >= 0.6 is 11.3 Å². The topological polar surface area (TPSA) is 65.4 Å². The van der Waals surface area contributed by atoms with Gasteiger partial charge in [-0.25, -0.2) is 0 Å². The number of hydrogen-bond donors (Lipinski definition) is 1. The second-order valence-electron chi connectivity index (χ2n) is 8.16. The van der Waals surface area contributed by atoms with Crippen LogP contribution in [0.15, 0.2) is 84.9 Å². The molecule has 0 aliphatic carbocycles. The molecule has 4 aromatic rings. The molecule has 0 saturated carbocycles. The molecule has 1 N–H and O–H groups in total. The summed E-state index contributed by atoms with van der Waals surface area (Å²) in [6.07, 6.45) is 0.803. The van der Waals surface area contributed by atoms with Crippen LogP contribution in [-0.4, -0.2) is 17.4 Å². The number of carbonyl (C=O) groups excluding carboxylic acids is 1. The molecule has 0 unspecified atom stereocenters. The fourth-order valence-corrected chi connectivity index (χ4v) is 5.38. The highest BCUT2D eigenvalue weighted by atomic mass is 32.1. The molecule has 5 nitrogen and oxygen atoms in total. The Morgan fingerprint density at radius 3 is 2.50 bits per heavy atom. The van der Waals surface area contributed by atoms with Gasteiger partial charge in [-0.2, -0.15) is 5.26 Å². The van der Waals surface area contributed by atoms with Crippen LogP contribution in [0.5, 0.6) is 11.5 Å². The lowest BCUT2D eigenvalue weighted by Crippen LogP contribution is -2.29. The number of hydrogen-bond acceptors (Lipinski definition) is 5. The van der Waals surface area contributed by atoms with Gasteiger partial charge in [-0.05, 0) is 47.9 Å². The molecule has 2 heterocycles. The highest BCUT2D eigenvalue weighted by Gasteiger charge is 2.25. The summed E-state index contributed by atoms with van der Waals surface area (Å²) in [5.41, 5.74) is 3.40. The van der Waals surface area contributed by atoms with Crippen LogP contribution in [-0.2, 0) is 19.5 Å². The maximum atomic E-state index is 13.0. The van der Waals surface area contributed by atoms with Crippen molar-refractivity contribution in [2.24, 2.45) is 0 Å². The fourth-order valence-electron chi connectivity index (χ4n) is 4.14. The number of nitriles is 1. The Morgan fingerprint density at radius 2 is 1.74 bits per heavy atom. The normalized spacial score (nSPS) is 13.0. The Morgan fingerprint density at radius 1 is 1.00 bits per heavy atom. The second kappa shape index (κ2) is 9.92. The van der Waals surface area contributed by atoms with Crippen LogP contribution in [0.1, 0.15) is 31.9 Å². The SMILES string of the molecule is N#Cc1c(NC(=O)c2cccc(Oc3ccccc3)c2)sc2c1CCN(Cc1ccccc1)C2. The van der Waals surface area contributed by atoms with Crippen molar-refractivity contribution in [3.05, 3.63) is 112 Å². The summed E-state index contributed by atoms with van der Waals surface area (Å²) in [7, 11) is 0. The number of ether oxygens (including phenoxy) is 1. The van der Waals surface area contributed by atoms with E-state index in [1.807, 2.05) is 42.5 Å². The van der Waals surface area contributed by atoms with Gasteiger partial charge >= 0.3 is 0 Å². The first-order chi connectivity index (χ1) is 16.7. The summed E-state index contributed by atoms with van der Waals surface area (Å²) in [5.74, 6) is 1.04. The first kappa shape index (κ1) is 21.9. The highest BCUT2D eigenvalue weighted by molar-refractivity contribution is 7.16. The maximum absolute atomic E-state index is 13.0. The monoisotopic (exact) mass is 465 g/mol. The fraction of sp³-hybridized carbons (Fsp3) is 0.143. The minimum atomic E-state index is -0.255. The lowest BCUT2D eigenvalue weighted by molar-refractivity contribution is 0.102. The first-order valence-electron chi connectivity index (χ1n) is 11.1. The van der Waals surface area contributed by atoms with Crippen LogP contribution in [0.25, 0.3) is 0 Å².